The van der Waals surface area contributed by atoms with Crippen LogP contribution in [0.15, 0.2) is 36.0 Å². The van der Waals surface area contributed by atoms with Crippen LogP contribution in [0, 0.1) is 5.41 Å². The summed E-state index contributed by atoms with van der Waals surface area (Å²) in [4.78, 5) is 23.0. The monoisotopic (exact) mass is 205 g/mol. The zero-order chi connectivity index (χ0) is 12.2. The van der Waals surface area contributed by atoms with Crippen molar-refractivity contribution in [3.05, 3.63) is 36.0 Å². The van der Waals surface area contributed by atoms with Crippen molar-refractivity contribution in [3.8, 4) is 0 Å². The lowest BCUT2D eigenvalue weighted by Gasteiger charge is -2.25. The fourth-order valence-corrected chi connectivity index (χ4v) is 1.38. The zero-order valence-electron chi connectivity index (χ0n) is 9.81. The van der Waals surface area contributed by atoms with Gasteiger partial charge in [-0.1, -0.05) is 29.9 Å². The molecule has 2 heteroatoms. The second-order valence-electron chi connectivity index (χ2n) is 4.00. The van der Waals surface area contributed by atoms with Gasteiger partial charge < -0.3 is 0 Å². The van der Waals surface area contributed by atoms with E-state index in [1.54, 1.807) is 34.0 Å². The van der Waals surface area contributed by atoms with Gasteiger partial charge >= 0.3 is 0 Å². The molecule has 0 aromatic heterocycles. The smallest absolute Gasteiger partial charge is 0.222 e. The first kappa shape index (κ1) is 13.6. The Morgan fingerprint density at radius 3 is 1.73 bits per heavy atom. The molecular formula is C13H17O2. The Kier molecular flexibility index (Phi) is 4.40. The van der Waals surface area contributed by atoms with Crippen molar-refractivity contribution >= 4 is 12.1 Å². The molecule has 0 atom stereocenters. The van der Waals surface area contributed by atoms with Crippen molar-refractivity contribution in [1.82, 2.24) is 0 Å². The molecule has 0 heterocycles. The van der Waals surface area contributed by atoms with Gasteiger partial charge in [-0.2, -0.15) is 0 Å². The third kappa shape index (κ3) is 2.52. The maximum Gasteiger partial charge on any atom is 0.222 e. The molecule has 0 saturated carbocycles. The normalized spacial score (nSPS) is 10.4. The van der Waals surface area contributed by atoms with Crippen molar-refractivity contribution in [2.45, 2.75) is 27.7 Å². The molecule has 0 rings (SSSR count). The van der Waals surface area contributed by atoms with Crippen molar-refractivity contribution in [2.75, 3.05) is 0 Å². The first-order valence-corrected chi connectivity index (χ1v) is 4.69. The van der Waals surface area contributed by atoms with Crippen molar-refractivity contribution in [3.63, 3.8) is 0 Å². The molecule has 2 nitrogen and oxygen atoms in total. The molecule has 0 amide bonds. The lowest BCUT2D eigenvalue weighted by Crippen LogP contribution is -2.33. The molecule has 0 aromatic rings. The highest BCUT2D eigenvalue weighted by Gasteiger charge is 2.39. The minimum Gasteiger partial charge on any atom is -0.293 e. The number of rotatable bonds is 5. The number of carbonyl (C=O) groups is 1. The molecule has 0 saturated heterocycles. The minimum atomic E-state index is -1.38. The number of allylic oxidation sites excluding steroid dienone is 4. The molecule has 0 aliphatic carbocycles. The highest BCUT2D eigenvalue weighted by molar-refractivity contribution is 6.10. The van der Waals surface area contributed by atoms with E-state index in [1.165, 1.54) is 6.08 Å². The van der Waals surface area contributed by atoms with Gasteiger partial charge in [-0.15, -0.1) is 0 Å². The quantitative estimate of drug-likeness (QED) is 0.393. The Hall–Kier alpha value is -1.44. The van der Waals surface area contributed by atoms with Gasteiger partial charge in [0.05, 0.1) is 0 Å². The molecule has 0 fully saturated rings. The van der Waals surface area contributed by atoms with E-state index in [0.29, 0.717) is 11.1 Å². The number of carbonyl (C=O) groups excluding carboxylic acids is 2. The summed E-state index contributed by atoms with van der Waals surface area (Å²) in [6, 6.07) is 0. The predicted octanol–water partition coefficient (Wildman–Crippen LogP) is 2.77. The second kappa shape index (κ2) is 4.87. The second-order valence-corrected chi connectivity index (χ2v) is 4.00. The average molecular weight is 205 g/mol. The molecule has 0 aromatic carbocycles. The molecule has 0 spiro atoms. The van der Waals surface area contributed by atoms with Crippen LogP contribution in [-0.2, 0) is 9.59 Å². The van der Waals surface area contributed by atoms with Crippen LogP contribution >= 0.6 is 0 Å². The Morgan fingerprint density at radius 2 is 1.53 bits per heavy atom. The minimum absolute atomic E-state index is 0.322. The molecule has 0 aliphatic heterocycles. The van der Waals surface area contributed by atoms with Crippen molar-refractivity contribution in [2.24, 2.45) is 5.41 Å². The molecule has 0 N–H and O–H groups in total. The van der Waals surface area contributed by atoms with E-state index >= 15 is 0 Å². The first-order valence-electron chi connectivity index (χ1n) is 4.69. The van der Waals surface area contributed by atoms with Crippen molar-refractivity contribution < 1.29 is 9.59 Å². The summed E-state index contributed by atoms with van der Waals surface area (Å²) in [6.07, 6.45) is 3.20. The molecule has 0 aliphatic rings. The van der Waals surface area contributed by atoms with Gasteiger partial charge in [0, 0.05) is 0 Å². The van der Waals surface area contributed by atoms with Crippen LogP contribution in [0.3, 0.4) is 0 Å². The molecule has 1 radical (unpaired) electrons. The Balaban J connectivity index is 5.57. The standard InChI is InChI=1S/C13H17O2/c1-9(2)7-12(15)13(8-14,10(3)4)11(5)6/h7H,3,5H2,1-2,4,6H3. The average Bonchev–Trinajstić information content (AvgIpc) is 2.02. The predicted molar refractivity (Wildman–Crippen MR) is 62.2 cm³/mol. The number of hydrogen-bond acceptors (Lipinski definition) is 2. The summed E-state index contributed by atoms with van der Waals surface area (Å²) in [5.41, 5.74) is 0.360. The van der Waals surface area contributed by atoms with Crippen LogP contribution in [0.4, 0.5) is 0 Å². The van der Waals surface area contributed by atoms with E-state index in [1.807, 2.05) is 0 Å². The zero-order valence-corrected chi connectivity index (χ0v) is 9.81. The highest BCUT2D eigenvalue weighted by atomic mass is 16.1. The molecule has 15 heavy (non-hydrogen) atoms. The van der Waals surface area contributed by atoms with Crippen LogP contribution in [-0.4, -0.2) is 12.1 Å². The molecule has 0 bridgehead atoms. The summed E-state index contributed by atoms with van der Waals surface area (Å²) >= 11 is 0. The van der Waals surface area contributed by atoms with Gasteiger partial charge in [0.2, 0.25) is 6.29 Å². The lowest BCUT2D eigenvalue weighted by molar-refractivity contribution is -0.118. The van der Waals surface area contributed by atoms with E-state index in [9.17, 15) is 9.59 Å². The Bertz CT molecular complexity index is 328. The SMILES string of the molecule is C=C(C)C([C]=O)(C(=C)C)C(=O)C=C(C)C. The third-order valence-electron chi connectivity index (χ3n) is 2.22. The van der Waals surface area contributed by atoms with Gasteiger partial charge in [0.25, 0.3) is 0 Å². The highest BCUT2D eigenvalue weighted by Crippen LogP contribution is 2.33. The van der Waals surface area contributed by atoms with Crippen LogP contribution in [0.25, 0.3) is 0 Å². The fraction of sp³-hybridized carbons (Fsp3) is 0.385. The number of hydrogen-bond donors (Lipinski definition) is 0. The maximum absolute atomic E-state index is 11.9. The van der Waals surface area contributed by atoms with E-state index in [-0.39, 0.29) is 5.78 Å². The Labute approximate surface area is 91.4 Å². The van der Waals surface area contributed by atoms with Gasteiger partial charge in [-0.25, -0.2) is 0 Å². The molecule has 81 valence electrons. The fourth-order valence-electron chi connectivity index (χ4n) is 1.38. The third-order valence-corrected chi connectivity index (χ3v) is 2.22. The van der Waals surface area contributed by atoms with Crippen LogP contribution in [0.2, 0.25) is 0 Å². The van der Waals surface area contributed by atoms with Gasteiger partial charge in [-0.05, 0) is 33.8 Å². The van der Waals surface area contributed by atoms with Crippen LogP contribution < -0.4 is 0 Å². The molecule has 0 unspecified atom stereocenters. The van der Waals surface area contributed by atoms with E-state index < -0.39 is 5.41 Å². The first-order chi connectivity index (χ1) is 6.78. The van der Waals surface area contributed by atoms with Gasteiger partial charge in [-0.3, -0.25) is 9.59 Å². The summed E-state index contributed by atoms with van der Waals surface area (Å²) in [5.74, 6) is -0.322. The summed E-state index contributed by atoms with van der Waals surface area (Å²) in [7, 11) is 0. The largest absolute Gasteiger partial charge is 0.293 e. The summed E-state index contributed by atoms with van der Waals surface area (Å²) in [5, 5.41) is 0. The maximum atomic E-state index is 11.9. The van der Waals surface area contributed by atoms with E-state index in [2.05, 4.69) is 13.2 Å². The molecular weight excluding hydrogens is 188 g/mol. The number of ketones is 1. The van der Waals surface area contributed by atoms with Gasteiger partial charge in [0.1, 0.15) is 5.41 Å². The summed E-state index contributed by atoms with van der Waals surface area (Å²) < 4.78 is 0. The van der Waals surface area contributed by atoms with Crippen LogP contribution in [0.5, 0.6) is 0 Å². The van der Waals surface area contributed by atoms with Gasteiger partial charge in [0.15, 0.2) is 5.78 Å². The van der Waals surface area contributed by atoms with Crippen LogP contribution in [0.1, 0.15) is 27.7 Å². The van der Waals surface area contributed by atoms with E-state index in [0.717, 1.165) is 5.57 Å². The Morgan fingerprint density at radius 1 is 1.13 bits per heavy atom. The topological polar surface area (TPSA) is 34.1 Å². The summed E-state index contributed by atoms with van der Waals surface area (Å²) in [6.45, 7) is 14.2. The van der Waals surface area contributed by atoms with Crippen molar-refractivity contribution in [1.29, 1.82) is 0 Å². The lowest BCUT2D eigenvalue weighted by atomic mass is 9.73. The van der Waals surface area contributed by atoms with E-state index in [4.69, 9.17) is 0 Å².